The summed E-state index contributed by atoms with van der Waals surface area (Å²) in [4.78, 5) is 0. The third kappa shape index (κ3) is 2.33. The second kappa shape index (κ2) is 5.04. The van der Waals surface area contributed by atoms with E-state index in [2.05, 4.69) is 6.07 Å². The molecule has 0 spiro atoms. The molecule has 17 heavy (non-hydrogen) atoms. The standard InChI is InChI=1S/C14H10F3/c15-9-10-5-1-2-6-11(10)12-7-3-4-8-13(12)14(16)17/h1-7,14H,9H2. The molecule has 0 fully saturated rings. The van der Waals surface area contributed by atoms with E-state index in [9.17, 15) is 13.2 Å². The van der Waals surface area contributed by atoms with Crippen molar-refractivity contribution in [3.63, 3.8) is 0 Å². The van der Waals surface area contributed by atoms with Crippen molar-refractivity contribution < 1.29 is 13.2 Å². The maximum atomic E-state index is 12.8. The molecule has 0 nitrogen and oxygen atoms in total. The van der Waals surface area contributed by atoms with Crippen molar-refractivity contribution in [2.45, 2.75) is 13.1 Å². The van der Waals surface area contributed by atoms with Crippen molar-refractivity contribution >= 4 is 0 Å². The van der Waals surface area contributed by atoms with Gasteiger partial charge in [0.2, 0.25) is 0 Å². The summed E-state index contributed by atoms with van der Waals surface area (Å²) in [7, 11) is 0. The van der Waals surface area contributed by atoms with Crippen molar-refractivity contribution in [1.82, 2.24) is 0 Å². The average Bonchev–Trinajstić information content (AvgIpc) is 2.38. The molecule has 0 heterocycles. The van der Waals surface area contributed by atoms with E-state index in [-0.39, 0.29) is 5.56 Å². The maximum Gasteiger partial charge on any atom is 0.265 e. The molecule has 0 bridgehead atoms. The zero-order valence-electron chi connectivity index (χ0n) is 8.96. The second-order valence-electron chi connectivity index (χ2n) is 3.59. The Balaban J connectivity index is 2.60. The Morgan fingerprint density at radius 1 is 1.00 bits per heavy atom. The lowest BCUT2D eigenvalue weighted by molar-refractivity contribution is 0.151. The number of halogens is 3. The molecule has 2 aromatic carbocycles. The number of rotatable bonds is 3. The van der Waals surface area contributed by atoms with E-state index < -0.39 is 13.1 Å². The van der Waals surface area contributed by atoms with Gasteiger partial charge in [-0.2, -0.15) is 0 Å². The zero-order chi connectivity index (χ0) is 12.3. The fourth-order valence-electron chi connectivity index (χ4n) is 1.76. The van der Waals surface area contributed by atoms with Crippen LogP contribution in [0, 0.1) is 6.07 Å². The molecule has 0 saturated carbocycles. The Morgan fingerprint density at radius 3 is 2.41 bits per heavy atom. The predicted octanol–water partition coefficient (Wildman–Crippen LogP) is 4.56. The number of hydrogen-bond donors (Lipinski definition) is 0. The van der Waals surface area contributed by atoms with E-state index in [0.29, 0.717) is 16.7 Å². The first-order chi connectivity index (χ1) is 8.24. The minimum absolute atomic E-state index is 0.187. The van der Waals surface area contributed by atoms with Gasteiger partial charge >= 0.3 is 0 Å². The van der Waals surface area contributed by atoms with Crippen molar-refractivity contribution in [3.8, 4) is 11.1 Å². The van der Waals surface area contributed by atoms with Gasteiger partial charge in [-0.15, -0.1) is 0 Å². The van der Waals surface area contributed by atoms with Crippen LogP contribution in [0.1, 0.15) is 17.6 Å². The molecule has 0 unspecified atom stereocenters. The Kier molecular flexibility index (Phi) is 3.47. The van der Waals surface area contributed by atoms with E-state index in [0.717, 1.165) is 0 Å². The number of alkyl halides is 3. The largest absolute Gasteiger partial charge is 0.265 e. The van der Waals surface area contributed by atoms with Gasteiger partial charge in [-0.1, -0.05) is 42.5 Å². The van der Waals surface area contributed by atoms with Crippen LogP contribution in [0.3, 0.4) is 0 Å². The predicted molar refractivity (Wildman–Crippen MR) is 60.5 cm³/mol. The van der Waals surface area contributed by atoms with Crippen LogP contribution in [0.4, 0.5) is 13.2 Å². The fourth-order valence-corrected chi connectivity index (χ4v) is 1.76. The third-order valence-electron chi connectivity index (χ3n) is 2.56. The Bertz CT molecular complexity index is 506. The lowest BCUT2D eigenvalue weighted by Gasteiger charge is -2.11. The summed E-state index contributed by atoms with van der Waals surface area (Å²) in [6.45, 7) is -0.673. The zero-order valence-corrected chi connectivity index (χ0v) is 8.96. The van der Waals surface area contributed by atoms with E-state index in [4.69, 9.17) is 0 Å². The first-order valence-electron chi connectivity index (χ1n) is 5.17. The van der Waals surface area contributed by atoms with Crippen LogP contribution in [-0.2, 0) is 6.67 Å². The highest BCUT2D eigenvalue weighted by Gasteiger charge is 2.15. The Hall–Kier alpha value is -1.77. The van der Waals surface area contributed by atoms with Gasteiger partial charge in [-0.25, -0.2) is 13.2 Å². The van der Waals surface area contributed by atoms with Crippen LogP contribution < -0.4 is 0 Å². The summed E-state index contributed by atoms with van der Waals surface area (Å²) >= 11 is 0. The normalized spacial score (nSPS) is 10.8. The van der Waals surface area contributed by atoms with Crippen LogP contribution in [0.5, 0.6) is 0 Å². The third-order valence-corrected chi connectivity index (χ3v) is 2.56. The van der Waals surface area contributed by atoms with Crippen LogP contribution in [0.25, 0.3) is 11.1 Å². The summed E-state index contributed by atoms with van der Waals surface area (Å²) in [6.07, 6.45) is -2.61. The molecule has 0 atom stereocenters. The molecule has 0 aliphatic carbocycles. The molecule has 0 aromatic heterocycles. The quantitative estimate of drug-likeness (QED) is 0.731. The molecule has 0 saturated heterocycles. The minimum Gasteiger partial charge on any atom is -0.246 e. The van der Waals surface area contributed by atoms with Crippen molar-refractivity contribution in [2.24, 2.45) is 0 Å². The topological polar surface area (TPSA) is 0 Å². The fraction of sp³-hybridized carbons (Fsp3) is 0.143. The summed E-state index contributed by atoms with van der Waals surface area (Å²) in [5, 5.41) is 0. The van der Waals surface area contributed by atoms with Crippen molar-refractivity contribution in [2.75, 3.05) is 0 Å². The highest BCUT2D eigenvalue weighted by molar-refractivity contribution is 5.70. The van der Waals surface area contributed by atoms with Gasteiger partial charge in [0.25, 0.3) is 6.43 Å². The highest BCUT2D eigenvalue weighted by Crippen LogP contribution is 2.32. The van der Waals surface area contributed by atoms with E-state index in [1.54, 1.807) is 36.4 Å². The molecule has 0 aliphatic rings. The summed E-state index contributed by atoms with van der Waals surface area (Å²) in [5.74, 6) is 0. The van der Waals surface area contributed by atoms with E-state index in [1.165, 1.54) is 6.07 Å². The molecule has 0 N–H and O–H groups in total. The number of benzene rings is 2. The molecule has 0 aliphatic heterocycles. The molecule has 3 heteroatoms. The molecule has 2 rings (SSSR count). The lowest BCUT2D eigenvalue weighted by Crippen LogP contribution is -1.93. The molecule has 87 valence electrons. The summed E-state index contributed by atoms with van der Waals surface area (Å²) in [5.41, 5.74) is 1.07. The second-order valence-corrected chi connectivity index (χ2v) is 3.59. The summed E-state index contributed by atoms with van der Waals surface area (Å²) < 4.78 is 38.5. The van der Waals surface area contributed by atoms with Crippen LogP contribution >= 0.6 is 0 Å². The van der Waals surface area contributed by atoms with Gasteiger partial charge in [-0.05, 0) is 22.8 Å². The average molecular weight is 235 g/mol. The highest BCUT2D eigenvalue weighted by atomic mass is 19.3. The smallest absolute Gasteiger partial charge is 0.246 e. The van der Waals surface area contributed by atoms with Crippen LogP contribution in [0.2, 0.25) is 0 Å². The van der Waals surface area contributed by atoms with E-state index >= 15 is 0 Å². The van der Waals surface area contributed by atoms with Gasteiger partial charge < -0.3 is 0 Å². The van der Waals surface area contributed by atoms with Gasteiger partial charge in [-0.3, -0.25) is 0 Å². The van der Waals surface area contributed by atoms with Gasteiger partial charge in [0.15, 0.2) is 0 Å². The molecular formula is C14H10F3. The summed E-state index contributed by atoms with van der Waals surface area (Å²) in [6, 6.07) is 13.8. The monoisotopic (exact) mass is 235 g/mol. The van der Waals surface area contributed by atoms with Gasteiger partial charge in [0.05, 0.1) is 0 Å². The molecule has 1 radical (unpaired) electrons. The van der Waals surface area contributed by atoms with Crippen LogP contribution in [-0.4, -0.2) is 0 Å². The maximum absolute atomic E-state index is 12.8. The Morgan fingerprint density at radius 2 is 1.71 bits per heavy atom. The number of hydrogen-bond acceptors (Lipinski definition) is 0. The molecule has 2 aromatic rings. The SMILES string of the molecule is FCc1ccccc1-c1ccc[c]c1C(F)F. The lowest BCUT2D eigenvalue weighted by atomic mass is 9.96. The first kappa shape index (κ1) is 11.7. The molecular weight excluding hydrogens is 225 g/mol. The van der Waals surface area contributed by atoms with Gasteiger partial charge in [0, 0.05) is 5.56 Å². The minimum atomic E-state index is -2.61. The van der Waals surface area contributed by atoms with E-state index in [1.807, 2.05) is 0 Å². The van der Waals surface area contributed by atoms with Crippen molar-refractivity contribution in [3.05, 3.63) is 59.7 Å². The Labute approximate surface area is 97.7 Å². The molecule has 0 amide bonds. The van der Waals surface area contributed by atoms with Crippen molar-refractivity contribution in [1.29, 1.82) is 0 Å². The first-order valence-corrected chi connectivity index (χ1v) is 5.17. The van der Waals surface area contributed by atoms with Gasteiger partial charge in [0.1, 0.15) is 6.67 Å². The van der Waals surface area contributed by atoms with Crippen LogP contribution in [0.15, 0.2) is 42.5 Å².